The molecule has 1 N–H and O–H groups in total. The lowest BCUT2D eigenvalue weighted by Crippen LogP contribution is -2.14. The van der Waals surface area contributed by atoms with Crippen LogP contribution in [0.5, 0.6) is 0 Å². The Balaban J connectivity index is 2.18. The zero-order valence-corrected chi connectivity index (χ0v) is 12.0. The minimum atomic E-state index is -4.59. The van der Waals surface area contributed by atoms with Gasteiger partial charge in [-0.3, -0.25) is 4.79 Å². The first kappa shape index (κ1) is 15.6. The highest BCUT2D eigenvalue weighted by Gasteiger charge is 2.34. The molecule has 0 bridgehead atoms. The summed E-state index contributed by atoms with van der Waals surface area (Å²) in [6.45, 7) is 0. The van der Waals surface area contributed by atoms with Crippen molar-refractivity contribution in [3.63, 3.8) is 0 Å². The fourth-order valence-electron chi connectivity index (χ4n) is 1.58. The average molecular weight is 332 g/mol. The molecule has 0 fully saturated rings. The van der Waals surface area contributed by atoms with E-state index in [9.17, 15) is 18.0 Å². The Labute approximate surface area is 127 Å². The summed E-state index contributed by atoms with van der Waals surface area (Å²) in [6.07, 6.45) is -1.88. The minimum absolute atomic E-state index is 0.0468. The Bertz CT molecular complexity index is 665. The molecule has 110 valence electrons. The molecule has 0 radical (unpaired) electrons. The van der Waals surface area contributed by atoms with E-state index in [0.29, 0.717) is 0 Å². The fraction of sp³-hybridized carbons (Fsp3) is 0.0714. The quantitative estimate of drug-likeness (QED) is 0.781. The molecular formula is C14H9ClF3NOS. The number of carbonyl (C=O) groups excluding carboxylic acids is 1. The van der Waals surface area contributed by atoms with E-state index in [-0.39, 0.29) is 10.7 Å². The van der Waals surface area contributed by atoms with Gasteiger partial charge in [-0.05, 0) is 35.7 Å². The molecule has 1 amide bonds. The van der Waals surface area contributed by atoms with Crippen LogP contribution in [0.1, 0.15) is 10.4 Å². The highest BCUT2D eigenvalue weighted by atomic mass is 35.5. The van der Waals surface area contributed by atoms with E-state index in [0.717, 1.165) is 17.0 Å². The van der Waals surface area contributed by atoms with Crippen molar-refractivity contribution in [1.29, 1.82) is 0 Å². The summed E-state index contributed by atoms with van der Waals surface area (Å²) in [6, 6.07) is 6.79. The molecule has 2 rings (SSSR count). The van der Waals surface area contributed by atoms with Gasteiger partial charge in [0, 0.05) is 16.0 Å². The number of benzene rings is 1. The lowest BCUT2D eigenvalue weighted by atomic mass is 10.1. The minimum Gasteiger partial charge on any atom is -0.322 e. The molecule has 0 aliphatic rings. The number of alkyl halides is 3. The van der Waals surface area contributed by atoms with Crippen molar-refractivity contribution in [2.24, 2.45) is 0 Å². The van der Waals surface area contributed by atoms with Crippen LogP contribution < -0.4 is 5.32 Å². The van der Waals surface area contributed by atoms with Crippen LogP contribution in [0.2, 0.25) is 5.02 Å². The van der Waals surface area contributed by atoms with Crippen LogP contribution in [0.3, 0.4) is 0 Å². The van der Waals surface area contributed by atoms with Crippen LogP contribution in [0.4, 0.5) is 18.9 Å². The number of thiophene rings is 1. The Kier molecular flexibility index (Phi) is 4.69. The number of halogens is 4. The van der Waals surface area contributed by atoms with E-state index < -0.39 is 17.6 Å². The Morgan fingerprint density at radius 1 is 1.29 bits per heavy atom. The summed E-state index contributed by atoms with van der Waals surface area (Å²) in [5, 5.41) is 3.99. The molecule has 2 aromatic rings. The second-order valence-electron chi connectivity index (χ2n) is 4.03. The Morgan fingerprint density at radius 2 is 2.05 bits per heavy atom. The van der Waals surface area contributed by atoms with Crippen molar-refractivity contribution in [3.05, 3.63) is 57.3 Å². The SMILES string of the molecule is O=C(/C=C/c1cccs1)Nc1ccc(Cl)cc1C(F)(F)F. The van der Waals surface area contributed by atoms with Gasteiger partial charge in [0.05, 0.1) is 11.3 Å². The second kappa shape index (κ2) is 6.32. The number of hydrogen-bond acceptors (Lipinski definition) is 2. The number of hydrogen-bond donors (Lipinski definition) is 1. The molecule has 0 aliphatic carbocycles. The van der Waals surface area contributed by atoms with Gasteiger partial charge in [-0.25, -0.2) is 0 Å². The van der Waals surface area contributed by atoms with Crippen molar-refractivity contribution in [3.8, 4) is 0 Å². The predicted octanol–water partition coefficient (Wildman–Crippen LogP) is 5.07. The highest BCUT2D eigenvalue weighted by Crippen LogP contribution is 2.36. The van der Waals surface area contributed by atoms with Gasteiger partial charge >= 0.3 is 6.18 Å². The van der Waals surface area contributed by atoms with E-state index in [4.69, 9.17) is 11.6 Å². The molecule has 0 saturated heterocycles. The van der Waals surface area contributed by atoms with Gasteiger partial charge in [0.25, 0.3) is 0 Å². The molecule has 21 heavy (non-hydrogen) atoms. The maximum absolute atomic E-state index is 12.9. The van der Waals surface area contributed by atoms with Gasteiger partial charge < -0.3 is 5.32 Å². The van der Waals surface area contributed by atoms with E-state index in [1.54, 1.807) is 6.07 Å². The van der Waals surface area contributed by atoms with Crippen LogP contribution in [-0.4, -0.2) is 5.91 Å². The van der Waals surface area contributed by atoms with Crippen molar-refractivity contribution in [2.45, 2.75) is 6.18 Å². The van der Waals surface area contributed by atoms with Crippen LogP contribution >= 0.6 is 22.9 Å². The van der Waals surface area contributed by atoms with Gasteiger partial charge in [0.2, 0.25) is 5.91 Å². The van der Waals surface area contributed by atoms with Gasteiger partial charge in [-0.15, -0.1) is 11.3 Å². The molecule has 0 spiro atoms. The van der Waals surface area contributed by atoms with Crippen LogP contribution in [0.25, 0.3) is 6.08 Å². The van der Waals surface area contributed by atoms with Gasteiger partial charge in [0.15, 0.2) is 0 Å². The van der Waals surface area contributed by atoms with E-state index in [1.807, 2.05) is 11.4 Å². The predicted molar refractivity (Wildman–Crippen MR) is 78.4 cm³/mol. The number of rotatable bonds is 3. The lowest BCUT2D eigenvalue weighted by molar-refractivity contribution is -0.136. The number of carbonyl (C=O) groups is 1. The Hall–Kier alpha value is -1.79. The zero-order chi connectivity index (χ0) is 15.5. The molecule has 0 saturated carbocycles. The largest absolute Gasteiger partial charge is 0.418 e. The monoisotopic (exact) mass is 331 g/mol. The van der Waals surface area contributed by atoms with E-state index in [1.165, 1.54) is 29.6 Å². The zero-order valence-electron chi connectivity index (χ0n) is 10.4. The smallest absolute Gasteiger partial charge is 0.322 e. The molecule has 2 nitrogen and oxygen atoms in total. The third-order valence-electron chi connectivity index (χ3n) is 2.49. The molecule has 0 unspecified atom stereocenters. The first-order chi connectivity index (χ1) is 9.86. The fourth-order valence-corrected chi connectivity index (χ4v) is 2.37. The summed E-state index contributed by atoms with van der Waals surface area (Å²) in [5.74, 6) is -0.642. The highest BCUT2D eigenvalue weighted by molar-refractivity contribution is 7.10. The van der Waals surface area contributed by atoms with Crippen LogP contribution in [0, 0.1) is 0 Å². The first-order valence-electron chi connectivity index (χ1n) is 5.75. The summed E-state index contributed by atoms with van der Waals surface area (Å²) in [7, 11) is 0. The molecule has 1 heterocycles. The lowest BCUT2D eigenvalue weighted by Gasteiger charge is -2.13. The standard InChI is InChI=1S/C14H9ClF3NOS/c15-9-3-5-12(11(8-9)14(16,17)18)19-13(20)6-4-10-2-1-7-21-10/h1-8H,(H,19,20)/b6-4+. The maximum Gasteiger partial charge on any atom is 0.418 e. The number of nitrogens with one attached hydrogen (secondary N) is 1. The van der Waals surface area contributed by atoms with Gasteiger partial charge in [-0.2, -0.15) is 13.2 Å². The maximum atomic E-state index is 12.9. The first-order valence-corrected chi connectivity index (χ1v) is 7.01. The third-order valence-corrected chi connectivity index (χ3v) is 3.56. The number of amides is 1. The van der Waals surface area contributed by atoms with Crippen molar-refractivity contribution >= 4 is 40.6 Å². The topological polar surface area (TPSA) is 29.1 Å². The molecule has 0 aliphatic heterocycles. The normalized spacial score (nSPS) is 11.8. The van der Waals surface area contributed by atoms with Crippen molar-refractivity contribution < 1.29 is 18.0 Å². The van der Waals surface area contributed by atoms with Crippen LogP contribution in [0.15, 0.2) is 41.8 Å². The molecular weight excluding hydrogens is 323 g/mol. The summed E-state index contributed by atoms with van der Waals surface area (Å²) < 4.78 is 38.6. The summed E-state index contributed by atoms with van der Waals surface area (Å²) >= 11 is 6.98. The van der Waals surface area contributed by atoms with Crippen molar-refractivity contribution in [1.82, 2.24) is 0 Å². The van der Waals surface area contributed by atoms with Crippen molar-refractivity contribution in [2.75, 3.05) is 5.32 Å². The van der Waals surface area contributed by atoms with Crippen LogP contribution in [-0.2, 0) is 11.0 Å². The average Bonchev–Trinajstić information content (AvgIpc) is 2.90. The molecule has 1 aromatic heterocycles. The molecule has 7 heteroatoms. The van der Waals surface area contributed by atoms with Gasteiger partial charge in [-0.1, -0.05) is 17.7 Å². The second-order valence-corrected chi connectivity index (χ2v) is 5.44. The third kappa shape index (κ3) is 4.34. The summed E-state index contributed by atoms with van der Waals surface area (Å²) in [4.78, 5) is 12.5. The summed E-state index contributed by atoms with van der Waals surface area (Å²) in [5.41, 5.74) is -1.30. The Morgan fingerprint density at radius 3 is 2.67 bits per heavy atom. The molecule has 1 aromatic carbocycles. The van der Waals surface area contributed by atoms with E-state index >= 15 is 0 Å². The van der Waals surface area contributed by atoms with Gasteiger partial charge in [0.1, 0.15) is 0 Å². The molecule has 0 atom stereocenters. The van der Waals surface area contributed by atoms with E-state index in [2.05, 4.69) is 5.32 Å². The number of anilines is 1.